The molecule has 15 heavy (non-hydrogen) atoms. The van der Waals surface area contributed by atoms with Gasteiger partial charge in [-0.25, -0.2) is 9.97 Å². The minimum atomic E-state index is 0.952. The first-order chi connectivity index (χ1) is 7.34. The average molecular weight is 328 g/mol. The highest BCUT2D eigenvalue weighted by molar-refractivity contribution is 14.1. The molecule has 2 nitrogen and oxygen atoms in total. The molecule has 0 aliphatic heterocycles. The second kappa shape index (κ2) is 5.46. The Morgan fingerprint density at radius 3 is 2.60 bits per heavy atom. The van der Waals surface area contributed by atoms with Crippen molar-refractivity contribution in [3.8, 4) is 0 Å². The van der Waals surface area contributed by atoms with Crippen LogP contribution >= 0.6 is 34.4 Å². The molecule has 0 atom stereocenters. The van der Waals surface area contributed by atoms with Crippen molar-refractivity contribution in [2.45, 2.75) is 10.8 Å². The zero-order chi connectivity index (χ0) is 10.5. The smallest absolute Gasteiger partial charge is 0.116 e. The van der Waals surface area contributed by atoms with E-state index in [1.165, 1.54) is 9.13 Å². The van der Waals surface area contributed by atoms with Crippen LogP contribution in [0.15, 0.2) is 47.9 Å². The van der Waals surface area contributed by atoms with Crippen molar-refractivity contribution in [3.05, 3.63) is 52.0 Å². The monoisotopic (exact) mass is 328 g/mol. The lowest BCUT2D eigenvalue weighted by Crippen LogP contribution is -1.83. The fourth-order valence-corrected chi connectivity index (χ4v) is 2.25. The van der Waals surface area contributed by atoms with Crippen LogP contribution in [0.25, 0.3) is 0 Å². The molecule has 2 aromatic rings. The van der Waals surface area contributed by atoms with Crippen molar-refractivity contribution < 1.29 is 0 Å². The third-order valence-corrected chi connectivity index (χ3v) is 3.59. The molecule has 0 saturated carbocycles. The molecule has 0 N–H and O–H groups in total. The summed E-state index contributed by atoms with van der Waals surface area (Å²) in [4.78, 5) is 8.05. The molecular formula is C11H9IN2S. The summed E-state index contributed by atoms with van der Waals surface area (Å²) < 4.78 is 1.27. The molecule has 0 fully saturated rings. The predicted molar refractivity (Wildman–Crippen MR) is 70.8 cm³/mol. The number of aromatic nitrogens is 2. The zero-order valence-corrected chi connectivity index (χ0v) is 10.9. The molecule has 0 aliphatic carbocycles. The largest absolute Gasteiger partial charge is 0.245 e. The van der Waals surface area contributed by atoms with Gasteiger partial charge in [-0.1, -0.05) is 12.1 Å². The lowest BCUT2D eigenvalue weighted by Gasteiger charge is -2.00. The maximum Gasteiger partial charge on any atom is 0.116 e. The fraction of sp³-hybridized carbons (Fsp3) is 0.0909. The van der Waals surface area contributed by atoms with Crippen molar-refractivity contribution in [3.63, 3.8) is 0 Å². The van der Waals surface area contributed by atoms with Crippen LogP contribution in [0.4, 0.5) is 0 Å². The Labute approximate surface area is 107 Å². The molecule has 0 aliphatic rings. The number of hydrogen-bond donors (Lipinski definition) is 0. The molecule has 2 rings (SSSR count). The van der Waals surface area contributed by atoms with Crippen molar-refractivity contribution in [2.24, 2.45) is 0 Å². The van der Waals surface area contributed by atoms with E-state index in [1.807, 2.05) is 6.07 Å². The van der Waals surface area contributed by atoms with E-state index in [4.69, 9.17) is 0 Å². The third-order valence-electron chi connectivity index (χ3n) is 1.85. The fourth-order valence-electron chi connectivity index (χ4n) is 1.10. The van der Waals surface area contributed by atoms with E-state index in [0.29, 0.717) is 0 Å². The molecule has 1 aromatic carbocycles. The average Bonchev–Trinajstić information content (AvgIpc) is 2.30. The Morgan fingerprint density at radius 2 is 1.93 bits per heavy atom. The van der Waals surface area contributed by atoms with Crippen LogP contribution in [0, 0.1) is 3.57 Å². The number of nitrogens with zero attached hydrogens (tertiary/aromatic N) is 2. The zero-order valence-electron chi connectivity index (χ0n) is 7.93. The van der Waals surface area contributed by atoms with Crippen LogP contribution in [0.2, 0.25) is 0 Å². The minimum Gasteiger partial charge on any atom is -0.245 e. The first-order valence-corrected chi connectivity index (χ1v) is 6.54. The van der Waals surface area contributed by atoms with E-state index in [0.717, 1.165) is 10.8 Å². The van der Waals surface area contributed by atoms with Crippen molar-refractivity contribution in [2.75, 3.05) is 0 Å². The molecule has 0 amide bonds. The number of thioether (sulfide) groups is 1. The molecular weight excluding hydrogens is 319 g/mol. The summed E-state index contributed by atoms with van der Waals surface area (Å²) in [7, 11) is 0. The molecule has 0 saturated heterocycles. The van der Waals surface area contributed by atoms with Gasteiger partial charge in [-0.3, -0.25) is 0 Å². The standard InChI is InChI=1S/C11H9IN2S/c12-10-3-1-9(2-4-10)7-15-11-5-6-13-8-14-11/h1-6,8H,7H2. The van der Waals surface area contributed by atoms with Gasteiger partial charge >= 0.3 is 0 Å². The minimum absolute atomic E-state index is 0.952. The summed E-state index contributed by atoms with van der Waals surface area (Å²) in [6, 6.07) is 10.5. The molecule has 0 radical (unpaired) electrons. The number of halogens is 1. The highest BCUT2D eigenvalue weighted by Gasteiger charge is 1.96. The Kier molecular flexibility index (Phi) is 3.96. The van der Waals surface area contributed by atoms with Crippen molar-refractivity contribution in [1.82, 2.24) is 9.97 Å². The summed E-state index contributed by atoms with van der Waals surface area (Å²) >= 11 is 4.03. The van der Waals surface area contributed by atoms with Gasteiger partial charge in [0.15, 0.2) is 0 Å². The van der Waals surface area contributed by atoms with Crippen LogP contribution in [-0.4, -0.2) is 9.97 Å². The molecule has 4 heteroatoms. The summed E-state index contributed by atoms with van der Waals surface area (Å²) in [5, 5.41) is 1.02. The Balaban J connectivity index is 1.96. The molecule has 0 unspecified atom stereocenters. The van der Waals surface area contributed by atoms with Gasteiger partial charge in [0.1, 0.15) is 6.33 Å². The maximum atomic E-state index is 4.16. The highest BCUT2D eigenvalue weighted by Crippen LogP contribution is 2.20. The van der Waals surface area contributed by atoms with Crippen LogP contribution in [0.3, 0.4) is 0 Å². The van der Waals surface area contributed by atoms with E-state index < -0.39 is 0 Å². The Hall–Kier alpha value is -0.620. The molecule has 76 valence electrons. The van der Waals surface area contributed by atoms with E-state index in [2.05, 4.69) is 56.8 Å². The van der Waals surface area contributed by atoms with E-state index in [-0.39, 0.29) is 0 Å². The predicted octanol–water partition coefficient (Wildman–Crippen LogP) is 3.37. The topological polar surface area (TPSA) is 25.8 Å². The van der Waals surface area contributed by atoms with Gasteiger partial charge in [0, 0.05) is 15.5 Å². The Morgan fingerprint density at radius 1 is 1.13 bits per heavy atom. The maximum absolute atomic E-state index is 4.16. The second-order valence-corrected chi connectivity index (χ2v) is 5.20. The molecule has 1 aromatic heterocycles. The van der Waals surface area contributed by atoms with E-state index in [1.54, 1.807) is 24.3 Å². The van der Waals surface area contributed by atoms with Crippen LogP contribution in [0.1, 0.15) is 5.56 Å². The van der Waals surface area contributed by atoms with E-state index >= 15 is 0 Å². The lowest BCUT2D eigenvalue weighted by atomic mass is 10.2. The van der Waals surface area contributed by atoms with Gasteiger partial charge in [-0.15, -0.1) is 11.8 Å². The van der Waals surface area contributed by atoms with Crippen molar-refractivity contribution in [1.29, 1.82) is 0 Å². The first kappa shape index (κ1) is 10.9. The van der Waals surface area contributed by atoms with Crippen LogP contribution < -0.4 is 0 Å². The van der Waals surface area contributed by atoms with Crippen LogP contribution in [0.5, 0.6) is 0 Å². The SMILES string of the molecule is Ic1ccc(CSc2ccncn2)cc1. The summed E-state index contributed by atoms with van der Waals surface area (Å²) in [5.74, 6) is 0.952. The second-order valence-electron chi connectivity index (χ2n) is 2.96. The van der Waals surface area contributed by atoms with Gasteiger partial charge in [-0.2, -0.15) is 0 Å². The number of hydrogen-bond acceptors (Lipinski definition) is 3. The van der Waals surface area contributed by atoms with Gasteiger partial charge in [0.25, 0.3) is 0 Å². The van der Waals surface area contributed by atoms with Gasteiger partial charge in [-0.05, 0) is 46.4 Å². The third kappa shape index (κ3) is 3.46. The number of benzene rings is 1. The number of rotatable bonds is 3. The summed E-state index contributed by atoms with van der Waals surface area (Å²) in [6.45, 7) is 0. The Bertz CT molecular complexity index is 416. The van der Waals surface area contributed by atoms with Gasteiger partial charge < -0.3 is 0 Å². The quantitative estimate of drug-likeness (QED) is 0.491. The normalized spacial score (nSPS) is 10.2. The lowest BCUT2D eigenvalue weighted by molar-refractivity contribution is 1.05. The first-order valence-electron chi connectivity index (χ1n) is 4.48. The van der Waals surface area contributed by atoms with Gasteiger partial charge in [0.05, 0.1) is 5.03 Å². The highest BCUT2D eigenvalue weighted by atomic mass is 127. The van der Waals surface area contributed by atoms with Crippen molar-refractivity contribution >= 4 is 34.4 Å². The molecule has 0 bridgehead atoms. The summed E-state index contributed by atoms with van der Waals surface area (Å²) in [6.07, 6.45) is 3.35. The summed E-state index contributed by atoms with van der Waals surface area (Å²) in [5.41, 5.74) is 1.32. The van der Waals surface area contributed by atoms with Crippen LogP contribution in [-0.2, 0) is 5.75 Å². The van der Waals surface area contributed by atoms with Gasteiger partial charge in [0.2, 0.25) is 0 Å². The van der Waals surface area contributed by atoms with E-state index in [9.17, 15) is 0 Å². The molecule has 1 heterocycles. The molecule has 0 spiro atoms.